The summed E-state index contributed by atoms with van der Waals surface area (Å²) in [6.45, 7) is 0. The van der Waals surface area contributed by atoms with Crippen LogP contribution >= 0.6 is 0 Å². The van der Waals surface area contributed by atoms with Gasteiger partial charge in [-0.2, -0.15) is 0 Å². The molecule has 1 rings (SSSR count). The first-order chi connectivity index (χ1) is 2.89. The van der Waals surface area contributed by atoms with E-state index in [4.69, 9.17) is 10.2 Å². The van der Waals surface area contributed by atoms with Gasteiger partial charge < -0.3 is 10.2 Å². The Balaban J connectivity index is 0.000000112. The second-order valence-electron chi connectivity index (χ2n) is 1.23. The molecular weight excluding hydrogens is 80.0 g/mol. The highest BCUT2D eigenvalue weighted by atomic mass is 16.3. The van der Waals surface area contributed by atoms with Gasteiger partial charge in [0.2, 0.25) is 0 Å². The van der Waals surface area contributed by atoms with E-state index in [9.17, 15) is 0 Å². The summed E-state index contributed by atoms with van der Waals surface area (Å²) in [5, 5.41) is 15.2. The number of aliphatic hydroxyl groups is 2. The third-order valence-electron chi connectivity index (χ3n) is 0.547. The molecule has 0 atom stereocenters. The third kappa shape index (κ3) is 3.92. The van der Waals surface area contributed by atoms with E-state index in [0.717, 1.165) is 20.0 Å². The van der Waals surface area contributed by atoms with Gasteiger partial charge in [-0.05, 0) is 12.8 Å². The van der Waals surface area contributed by atoms with Crippen LogP contribution in [0.2, 0.25) is 0 Å². The molecule has 0 aliphatic heterocycles. The molecule has 38 valence electrons. The average molecular weight is 90.1 g/mol. The number of aliphatic hydroxyl groups excluding tert-OH is 2. The van der Waals surface area contributed by atoms with E-state index in [1.165, 1.54) is 0 Å². The van der Waals surface area contributed by atoms with E-state index in [1.54, 1.807) is 0 Å². The van der Waals surface area contributed by atoms with Crippen molar-refractivity contribution in [2.75, 3.05) is 7.11 Å². The standard InChI is InChI=1S/C3H6O.CH4O/c4-3-1-2-3;1-2/h3-4H,1-2H2;2H,1H3. The van der Waals surface area contributed by atoms with E-state index >= 15 is 0 Å². The van der Waals surface area contributed by atoms with Gasteiger partial charge >= 0.3 is 0 Å². The highest BCUT2D eigenvalue weighted by molar-refractivity contribution is 4.68. The van der Waals surface area contributed by atoms with Crippen LogP contribution in [0.15, 0.2) is 0 Å². The minimum atomic E-state index is 0.0833. The summed E-state index contributed by atoms with van der Waals surface area (Å²) in [6.07, 6.45) is 2.17. The largest absolute Gasteiger partial charge is 0.400 e. The molecule has 2 heteroatoms. The van der Waals surface area contributed by atoms with Crippen LogP contribution in [0.1, 0.15) is 12.8 Å². The normalized spacial score (nSPS) is 18.5. The van der Waals surface area contributed by atoms with Crippen LogP contribution in [-0.2, 0) is 0 Å². The van der Waals surface area contributed by atoms with Gasteiger partial charge in [-0.25, -0.2) is 0 Å². The van der Waals surface area contributed by atoms with Crippen molar-refractivity contribution in [3.63, 3.8) is 0 Å². The smallest absolute Gasteiger partial charge is 0.0542 e. The third-order valence-corrected chi connectivity index (χ3v) is 0.547. The zero-order chi connectivity index (χ0) is 4.99. The van der Waals surface area contributed by atoms with Crippen LogP contribution in [0.5, 0.6) is 0 Å². The molecule has 0 spiro atoms. The van der Waals surface area contributed by atoms with E-state index in [-0.39, 0.29) is 6.10 Å². The second kappa shape index (κ2) is 3.12. The molecule has 1 aliphatic rings. The number of rotatable bonds is 0. The lowest BCUT2D eigenvalue weighted by atomic mass is 10.9. The topological polar surface area (TPSA) is 40.5 Å². The van der Waals surface area contributed by atoms with Crippen molar-refractivity contribution in [2.45, 2.75) is 18.9 Å². The summed E-state index contributed by atoms with van der Waals surface area (Å²) in [5.41, 5.74) is 0. The van der Waals surface area contributed by atoms with Crippen molar-refractivity contribution < 1.29 is 10.2 Å². The van der Waals surface area contributed by atoms with Crippen molar-refractivity contribution in [3.05, 3.63) is 0 Å². The maximum absolute atomic E-state index is 8.17. The molecule has 0 heterocycles. The van der Waals surface area contributed by atoms with Gasteiger partial charge in [-0.3, -0.25) is 0 Å². The van der Waals surface area contributed by atoms with E-state index in [0.29, 0.717) is 0 Å². The van der Waals surface area contributed by atoms with Crippen LogP contribution in [-0.4, -0.2) is 23.4 Å². The number of hydrogen-bond donors (Lipinski definition) is 2. The highest BCUT2D eigenvalue weighted by Crippen LogP contribution is 2.16. The fraction of sp³-hybridized carbons (Fsp3) is 1.00. The SMILES string of the molecule is CO.OC1CC1. The summed E-state index contributed by atoms with van der Waals surface area (Å²) in [7, 11) is 1.00. The minimum absolute atomic E-state index is 0.0833. The van der Waals surface area contributed by atoms with E-state index in [2.05, 4.69) is 0 Å². The fourth-order valence-electron chi connectivity index (χ4n) is 0.0745. The summed E-state index contributed by atoms with van der Waals surface area (Å²) < 4.78 is 0. The summed E-state index contributed by atoms with van der Waals surface area (Å²) >= 11 is 0. The van der Waals surface area contributed by atoms with Crippen molar-refractivity contribution in [3.8, 4) is 0 Å². The molecule has 0 aromatic heterocycles. The molecule has 0 aromatic rings. The maximum Gasteiger partial charge on any atom is 0.0542 e. The molecular formula is C4H10O2. The quantitative estimate of drug-likeness (QED) is 0.430. The van der Waals surface area contributed by atoms with E-state index in [1.807, 2.05) is 0 Å². The van der Waals surface area contributed by atoms with Crippen LogP contribution < -0.4 is 0 Å². The molecule has 2 N–H and O–H groups in total. The number of hydrogen-bond acceptors (Lipinski definition) is 2. The monoisotopic (exact) mass is 90.1 g/mol. The fourth-order valence-corrected chi connectivity index (χ4v) is 0.0745. The van der Waals surface area contributed by atoms with Crippen molar-refractivity contribution >= 4 is 0 Å². The van der Waals surface area contributed by atoms with Gasteiger partial charge in [-0.1, -0.05) is 0 Å². The maximum atomic E-state index is 8.17. The molecule has 0 bridgehead atoms. The van der Waals surface area contributed by atoms with Crippen molar-refractivity contribution in [2.24, 2.45) is 0 Å². The molecule has 0 saturated heterocycles. The highest BCUT2D eigenvalue weighted by Gasteiger charge is 2.15. The Labute approximate surface area is 37.4 Å². The van der Waals surface area contributed by atoms with Crippen LogP contribution in [0.25, 0.3) is 0 Å². The predicted molar refractivity (Wildman–Crippen MR) is 23.4 cm³/mol. The van der Waals surface area contributed by atoms with E-state index < -0.39 is 0 Å². The van der Waals surface area contributed by atoms with Crippen LogP contribution in [0.4, 0.5) is 0 Å². The first-order valence-corrected chi connectivity index (χ1v) is 2.02. The van der Waals surface area contributed by atoms with Crippen molar-refractivity contribution in [1.82, 2.24) is 0 Å². The van der Waals surface area contributed by atoms with Gasteiger partial charge in [0.1, 0.15) is 0 Å². The molecule has 0 aromatic carbocycles. The lowest BCUT2D eigenvalue weighted by Gasteiger charge is -1.57. The van der Waals surface area contributed by atoms with Gasteiger partial charge in [0.25, 0.3) is 0 Å². The lowest BCUT2D eigenvalue weighted by molar-refractivity contribution is 0.279. The average Bonchev–Trinajstić information content (AvgIpc) is 2.30. The molecule has 0 amide bonds. The molecule has 0 unspecified atom stereocenters. The van der Waals surface area contributed by atoms with Gasteiger partial charge in [-0.15, -0.1) is 0 Å². The Morgan fingerprint density at radius 2 is 1.50 bits per heavy atom. The Kier molecular flexibility index (Phi) is 3.08. The summed E-state index contributed by atoms with van der Waals surface area (Å²) in [4.78, 5) is 0. The summed E-state index contributed by atoms with van der Waals surface area (Å²) in [6, 6.07) is 0. The first-order valence-electron chi connectivity index (χ1n) is 2.02. The Morgan fingerprint density at radius 3 is 1.50 bits per heavy atom. The van der Waals surface area contributed by atoms with Crippen molar-refractivity contribution in [1.29, 1.82) is 0 Å². The molecule has 1 fully saturated rings. The Bertz CT molecular complexity index is 24.7. The van der Waals surface area contributed by atoms with Crippen LogP contribution in [0.3, 0.4) is 0 Å². The van der Waals surface area contributed by atoms with Gasteiger partial charge in [0.15, 0.2) is 0 Å². The predicted octanol–water partition coefficient (Wildman–Crippen LogP) is -0.250. The molecule has 0 radical (unpaired) electrons. The second-order valence-corrected chi connectivity index (χ2v) is 1.23. The van der Waals surface area contributed by atoms with Gasteiger partial charge in [0, 0.05) is 7.11 Å². The Morgan fingerprint density at radius 1 is 1.33 bits per heavy atom. The van der Waals surface area contributed by atoms with Gasteiger partial charge in [0.05, 0.1) is 6.10 Å². The lowest BCUT2D eigenvalue weighted by Crippen LogP contribution is -1.65. The summed E-state index contributed by atoms with van der Waals surface area (Å²) in [5.74, 6) is 0. The minimum Gasteiger partial charge on any atom is -0.400 e. The molecule has 2 nitrogen and oxygen atoms in total. The molecule has 1 saturated carbocycles. The molecule has 6 heavy (non-hydrogen) atoms. The zero-order valence-electron chi connectivity index (χ0n) is 3.89. The zero-order valence-corrected chi connectivity index (χ0v) is 3.89. The van der Waals surface area contributed by atoms with Crippen LogP contribution in [0, 0.1) is 0 Å². The first kappa shape index (κ1) is 5.92. The Hall–Kier alpha value is -0.0800. The molecule has 1 aliphatic carbocycles.